The van der Waals surface area contributed by atoms with Gasteiger partial charge in [-0.15, -0.1) is 11.3 Å². The predicted molar refractivity (Wildman–Crippen MR) is 101 cm³/mol. The summed E-state index contributed by atoms with van der Waals surface area (Å²) in [4.78, 5) is 13.7. The summed E-state index contributed by atoms with van der Waals surface area (Å²) in [5.74, 6) is -0.196. The first-order chi connectivity index (χ1) is 13.0. The maximum Gasteiger partial charge on any atom is 0.283 e. The van der Waals surface area contributed by atoms with Gasteiger partial charge in [0.25, 0.3) is 6.43 Å². The van der Waals surface area contributed by atoms with Crippen LogP contribution in [0.2, 0.25) is 0 Å². The van der Waals surface area contributed by atoms with Gasteiger partial charge in [0.2, 0.25) is 5.91 Å². The van der Waals surface area contributed by atoms with E-state index < -0.39 is 6.43 Å². The number of rotatable bonds is 5. The average Bonchev–Trinajstić information content (AvgIpc) is 3.32. The van der Waals surface area contributed by atoms with Crippen LogP contribution in [0.1, 0.15) is 65.4 Å². The standard InChI is InChI=1S/C18H17BrF2N4OS/c19-14-15(17(20)21)24-25(16(14)9-5-6-9)8-13(26)23-18-11(7-22)10-3-1-2-4-12(10)27-18/h9,17H,1-6,8H2,(H,23,26). The van der Waals surface area contributed by atoms with E-state index in [9.17, 15) is 18.8 Å². The van der Waals surface area contributed by atoms with Crippen molar-refractivity contribution < 1.29 is 13.6 Å². The Hall–Kier alpha value is -1.79. The number of aryl methyl sites for hydroxylation is 1. The van der Waals surface area contributed by atoms with Crippen molar-refractivity contribution in [1.82, 2.24) is 9.78 Å². The van der Waals surface area contributed by atoms with Crippen LogP contribution < -0.4 is 5.32 Å². The van der Waals surface area contributed by atoms with E-state index in [1.54, 1.807) is 0 Å². The molecule has 0 bridgehead atoms. The number of alkyl halides is 2. The molecule has 0 radical (unpaired) electrons. The summed E-state index contributed by atoms with van der Waals surface area (Å²) in [5, 5.41) is 16.8. The van der Waals surface area contributed by atoms with Gasteiger partial charge in [-0.25, -0.2) is 8.78 Å². The number of nitrogens with one attached hydrogen (secondary N) is 1. The molecule has 0 unspecified atom stereocenters. The molecule has 0 atom stereocenters. The van der Waals surface area contributed by atoms with E-state index in [0.717, 1.165) is 49.0 Å². The molecule has 4 rings (SSSR count). The summed E-state index contributed by atoms with van der Waals surface area (Å²) in [6.45, 7) is -0.148. The summed E-state index contributed by atoms with van der Waals surface area (Å²) in [5.41, 5.74) is 1.92. The smallest absolute Gasteiger partial charge is 0.283 e. The van der Waals surface area contributed by atoms with E-state index in [0.29, 0.717) is 20.7 Å². The minimum Gasteiger partial charge on any atom is -0.315 e. The van der Waals surface area contributed by atoms with Gasteiger partial charge in [0.1, 0.15) is 23.3 Å². The number of amides is 1. The number of anilines is 1. The molecule has 0 saturated heterocycles. The molecule has 2 aliphatic carbocycles. The van der Waals surface area contributed by atoms with Crippen molar-refractivity contribution in [3.63, 3.8) is 0 Å². The summed E-state index contributed by atoms with van der Waals surface area (Å²) < 4.78 is 28.0. The van der Waals surface area contributed by atoms with Crippen LogP contribution in [0.3, 0.4) is 0 Å². The highest BCUT2D eigenvalue weighted by molar-refractivity contribution is 9.10. The Morgan fingerprint density at radius 1 is 1.41 bits per heavy atom. The monoisotopic (exact) mass is 454 g/mol. The SMILES string of the molecule is N#Cc1c(NC(=O)Cn2nc(C(F)F)c(Br)c2C2CC2)sc2c1CCCC2. The highest BCUT2D eigenvalue weighted by atomic mass is 79.9. The predicted octanol–water partition coefficient (Wildman–Crippen LogP) is 4.91. The average molecular weight is 455 g/mol. The van der Waals surface area contributed by atoms with Crippen molar-refractivity contribution in [3.05, 3.63) is 31.9 Å². The number of thiophene rings is 1. The molecule has 142 valence electrons. The number of halogens is 3. The van der Waals surface area contributed by atoms with Crippen LogP contribution in [-0.4, -0.2) is 15.7 Å². The quantitative estimate of drug-likeness (QED) is 0.697. The molecule has 0 spiro atoms. The van der Waals surface area contributed by atoms with E-state index in [-0.39, 0.29) is 24.1 Å². The second-order valence-corrected chi connectivity index (χ2v) is 8.79. The van der Waals surface area contributed by atoms with Gasteiger partial charge in [-0.2, -0.15) is 10.4 Å². The Kier molecular flexibility index (Phi) is 5.03. The Labute approximate surface area is 167 Å². The van der Waals surface area contributed by atoms with Gasteiger partial charge >= 0.3 is 0 Å². The van der Waals surface area contributed by atoms with Gasteiger partial charge in [-0.1, -0.05) is 0 Å². The largest absolute Gasteiger partial charge is 0.315 e. The molecule has 27 heavy (non-hydrogen) atoms. The Morgan fingerprint density at radius 3 is 2.81 bits per heavy atom. The normalized spacial score (nSPS) is 16.3. The second kappa shape index (κ2) is 7.32. The highest BCUT2D eigenvalue weighted by Crippen LogP contribution is 2.45. The molecule has 1 amide bonds. The number of carbonyl (C=O) groups excluding carboxylic acids is 1. The first-order valence-electron chi connectivity index (χ1n) is 8.88. The number of fused-ring (bicyclic) bond motifs is 1. The van der Waals surface area contributed by atoms with Crippen LogP contribution in [0, 0.1) is 11.3 Å². The third-order valence-electron chi connectivity index (χ3n) is 4.96. The van der Waals surface area contributed by atoms with E-state index in [1.165, 1.54) is 16.0 Å². The lowest BCUT2D eigenvalue weighted by Gasteiger charge is -2.09. The molecule has 0 aromatic carbocycles. The molecule has 9 heteroatoms. The minimum absolute atomic E-state index is 0.148. The second-order valence-electron chi connectivity index (χ2n) is 6.89. The van der Waals surface area contributed by atoms with E-state index in [1.807, 2.05) is 0 Å². The first-order valence-corrected chi connectivity index (χ1v) is 10.5. The Morgan fingerprint density at radius 2 is 2.15 bits per heavy atom. The zero-order chi connectivity index (χ0) is 19.1. The summed E-state index contributed by atoms with van der Waals surface area (Å²) in [6, 6.07) is 2.21. The molecule has 1 N–H and O–H groups in total. The molecule has 2 aliphatic rings. The number of nitrogens with zero attached hydrogens (tertiary/aromatic N) is 3. The van der Waals surface area contributed by atoms with Crippen LogP contribution in [0.5, 0.6) is 0 Å². The lowest BCUT2D eigenvalue weighted by Crippen LogP contribution is -2.21. The van der Waals surface area contributed by atoms with Gasteiger partial charge < -0.3 is 5.32 Å². The van der Waals surface area contributed by atoms with Crippen molar-refractivity contribution in [3.8, 4) is 6.07 Å². The molecule has 1 fully saturated rings. The van der Waals surface area contributed by atoms with E-state index >= 15 is 0 Å². The van der Waals surface area contributed by atoms with E-state index in [4.69, 9.17) is 0 Å². The number of carbonyl (C=O) groups is 1. The Balaban J connectivity index is 1.57. The fraction of sp³-hybridized carbons (Fsp3) is 0.500. The van der Waals surface area contributed by atoms with Crippen molar-refractivity contribution in [2.75, 3.05) is 5.32 Å². The summed E-state index contributed by atoms with van der Waals surface area (Å²) in [7, 11) is 0. The van der Waals surface area contributed by atoms with Crippen molar-refractivity contribution in [1.29, 1.82) is 5.26 Å². The summed E-state index contributed by atoms with van der Waals surface area (Å²) >= 11 is 4.67. The number of hydrogen-bond donors (Lipinski definition) is 1. The number of hydrogen-bond acceptors (Lipinski definition) is 4. The molecule has 0 aliphatic heterocycles. The topological polar surface area (TPSA) is 70.7 Å². The lowest BCUT2D eigenvalue weighted by atomic mass is 9.96. The number of nitriles is 1. The first kappa shape index (κ1) is 18.6. The highest BCUT2D eigenvalue weighted by Gasteiger charge is 2.34. The van der Waals surface area contributed by atoms with Crippen LogP contribution in [0.15, 0.2) is 4.47 Å². The van der Waals surface area contributed by atoms with Crippen LogP contribution in [0.4, 0.5) is 13.8 Å². The van der Waals surface area contributed by atoms with Crippen LogP contribution >= 0.6 is 27.3 Å². The van der Waals surface area contributed by atoms with Gasteiger partial charge in [0.05, 0.1) is 15.7 Å². The van der Waals surface area contributed by atoms with Gasteiger partial charge in [0, 0.05) is 10.8 Å². The Bertz CT molecular complexity index is 942. The number of aromatic nitrogens is 2. The van der Waals surface area contributed by atoms with Gasteiger partial charge in [0.15, 0.2) is 0 Å². The molecular formula is C18H17BrF2N4OS. The van der Waals surface area contributed by atoms with Gasteiger partial charge in [-0.3, -0.25) is 9.48 Å². The summed E-state index contributed by atoms with van der Waals surface area (Å²) in [6.07, 6.45) is 3.05. The fourth-order valence-corrected chi connectivity index (χ4v) is 5.59. The molecule has 5 nitrogen and oxygen atoms in total. The fourth-order valence-electron chi connectivity index (χ4n) is 3.55. The van der Waals surface area contributed by atoms with Crippen LogP contribution in [0.25, 0.3) is 0 Å². The van der Waals surface area contributed by atoms with E-state index in [2.05, 4.69) is 32.4 Å². The lowest BCUT2D eigenvalue weighted by molar-refractivity contribution is -0.116. The van der Waals surface area contributed by atoms with Crippen LogP contribution in [-0.2, 0) is 24.2 Å². The molecule has 2 aromatic rings. The van der Waals surface area contributed by atoms with Crippen molar-refractivity contribution in [2.24, 2.45) is 0 Å². The zero-order valence-electron chi connectivity index (χ0n) is 14.4. The molecule has 2 aromatic heterocycles. The zero-order valence-corrected chi connectivity index (χ0v) is 16.8. The van der Waals surface area contributed by atoms with Gasteiger partial charge in [-0.05, 0) is 60.0 Å². The molecule has 1 saturated carbocycles. The minimum atomic E-state index is -2.70. The van der Waals surface area contributed by atoms with Crippen molar-refractivity contribution >= 4 is 38.2 Å². The third-order valence-corrected chi connectivity index (χ3v) is 6.98. The van der Waals surface area contributed by atoms with Crippen molar-refractivity contribution in [2.45, 2.75) is 57.4 Å². The molecule has 2 heterocycles. The molecular weight excluding hydrogens is 438 g/mol. The third kappa shape index (κ3) is 3.52. The maximum absolute atomic E-state index is 13.2. The maximum atomic E-state index is 13.2.